The number of carbonyl (C=O) groups is 2. The third kappa shape index (κ3) is 7.53. The molecule has 0 bridgehead atoms. The number of halogens is 5. The van der Waals surface area contributed by atoms with Gasteiger partial charge >= 0.3 is 12.1 Å². The van der Waals surface area contributed by atoms with E-state index in [9.17, 15) is 22.8 Å². The van der Waals surface area contributed by atoms with E-state index in [2.05, 4.69) is 16.6 Å². The molecule has 3 aromatic carbocycles. The zero-order valence-electron chi connectivity index (χ0n) is 21.6. The molecule has 1 atom stereocenters. The molecule has 0 fully saturated rings. The third-order valence-corrected chi connectivity index (χ3v) is 7.22. The first kappa shape index (κ1) is 30.5. The number of likely N-dealkylation sites (N-methyl/N-ethyl adjacent to an activating group) is 1. The molecular formula is C29H28Cl2F3NO4. The molecular weight excluding hydrogens is 554 g/mol. The van der Waals surface area contributed by atoms with Gasteiger partial charge < -0.3 is 9.47 Å². The molecule has 0 saturated heterocycles. The molecule has 0 saturated carbocycles. The smallest absolute Gasteiger partial charge is 0.450 e. The molecule has 10 heteroatoms. The molecule has 0 aromatic heterocycles. The molecule has 0 heterocycles. The second-order valence-electron chi connectivity index (χ2n) is 9.14. The number of hydrogen-bond donors (Lipinski definition) is 0. The Kier molecular flexibility index (Phi) is 10.0. The van der Waals surface area contributed by atoms with Crippen molar-refractivity contribution in [2.75, 3.05) is 27.3 Å². The predicted octanol–water partition coefficient (Wildman–Crippen LogP) is 6.73. The van der Waals surface area contributed by atoms with Crippen molar-refractivity contribution in [2.45, 2.75) is 25.1 Å². The molecule has 0 aliphatic heterocycles. The number of alkyl halides is 3. The summed E-state index contributed by atoms with van der Waals surface area (Å²) in [6.07, 6.45) is -5.57. The van der Waals surface area contributed by atoms with Crippen molar-refractivity contribution in [3.8, 4) is 5.75 Å². The molecule has 39 heavy (non-hydrogen) atoms. The van der Waals surface area contributed by atoms with Gasteiger partial charge in [0.15, 0.2) is 0 Å². The van der Waals surface area contributed by atoms with Crippen LogP contribution in [0.25, 0.3) is 0 Å². The summed E-state index contributed by atoms with van der Waals surface area (Å²) in [5.74, 6) is -4.84. The quantitative estimate of drug-likeness (QED) is 0.185. The normalized spacial score (nSPS) is 12.7. The van der Waals surface area contributed by atoms with Crippen LogP contribution in [0.2, 0.25) is 10.0 Å². The van der Waals surface area contributed by atoms with E-state index in [1.807, 2.05) is 55.6 Å². The minimum atomic E-state index is -5.14. The minimum Gasteiger partial charge on any atom is -0.492 e. The van der Waals surface area contributed by atoms with Crippen LogP contribution >= 0.6 is 23.2 Å². The van der Waals surface area contributed by atoms with E-state index in [0.29, 0.717) is 34.5 Å². The maximum absolute atomic E-state index is 12.9. The zero-order chi connectivity index (χ0) is 28.8. The number of rotatable bonds is 11. The Bertz CT molecular complexity index is 1220. The Hall–Kier alpha value is -3.07. The van der Waals surface area contributed by atoms with Crippen molar-refractivity contribution < 1.29 is 32.2 Å². The third-order valence-electron chi connectivity index (χ3n) is 6.72. The predicted molar refractivity (Wildman–Crippen MR) is 144 cm³/mol. The highest BCUT2D eigenvalue weighted by Crippen LogP contribution is 2.36. The first-order valence-corrected chi connectivity index (χ1v) is 12.8. The summed E-state index contributed by atoms with van der Waals surface area (Å²) < 4.78 is 49.0. The highest BCUT2D eigenvalue weighted by Gasteiger charge is 2.46. The largest absolute Gasteiger partial charge is 0.492 e. The van der Waals surface area contributed by atoms with Crippen LogP contribution in [-0.4, -0.2) is 50.1 Å². The zero-order valence-corrected chi connectivity index (χ0v) is 23.1. The summed E-state index contributed by atoms with van der Waals surface area (Å²) in [6.45, 7) is 2.92. The maximum atomic E-state index is 12.9. The molecule has 3 rings (SSSR count). The van der Waals surface area contributed by atoms with Crippen LogP contribution in [0.5, 0.6) is 5.75 Å². The van der Waals surface area contributed by atoms with Crippen LogP contribution in [0.15, 0.2) is 72.8 Å². The number of Topliss-reactive ketones (excluding diaryl/α,β-unsaturated/α-hetero) is 1. The highest BCUT2D eigenvalue weighted by atomic mass is 35.5. The van der Waals surface area contributed by atoms with Gasteiger partial charge in [0, 0.05) is 16.6 Å². The molecule has 0 amide bonds. The maximum Gasteiger partial charge on any atom is 0.450 e. The molecule has 5 nitrogen and oxygen atoms in total. The van der Waals surface area contributed by atoms with Gasteiger partial charge in [-0.25, -0.2) is 0 Å². The second-order valence-corrected chi connectivity index (χ2v) is 10.0. The Labute approximate surface area is 235 Å². The molecule has 0 N–H and O–H groups in total. The summed E-state index contributed by atoms with van der Waals surface area (Å²) in [7, 11) is 2.91. The van der Waals surface area contributed by atoms with Gasteiger partial charge in [0.2, 0.25) is 0 Å². The van der Waals surface area contributed by atoms with Crippen molar-refractivity contribution in [3.05, 3.63) is 99.5 Å². The Morgan fingerprint density at radius 2 is 1.36 bits per heavy atom. The lowest BCUT2D eigenvalue weighted by atomic mass is 9.83. The lowest BCUT2D eigenvalue weighted by Gasteiger charge is -2.40. The summed E-state index contributed by atoms with van der Waals surface area (Å²) in [5.41, 5.74) is 1.88. The summed E-state index contributed by atoms with van der Waals surface area (Å²) in [6, 6.07) is 21.4. The number of ether oxygens (including phenoxy) is 2. The molecule has 0 spiro atoms. The molecule has 208 valence electrons. The number of esters is 1. The van der Waals surface area contributed by atoms with Crippen molar-refractivity contribution in [3.63, 3.8) is 0 Å². The lowest BCUT2D eigenvalue weighted by molar-refractivity contribution is -0.180. The van der Waals surface area contributed by atoms with E-state index in [1.165, 1.54) is 12.1 Å². The van der Waals surface area contributed by atoms with Crippen molar-refractivity contribution in [2.24, 2.45) is 5.92 Å². The van der Waals surface area contributed by atoms with Gasteiger partial charge in [0.1, 0.15) is 18.3 Å². The molecule has 0 aliphatic carbocycles. The summed E-state index contributed by atoms with van der Waals surface area (Å²) in [5, 5.41) is 1.26. The van der Waals surface area contributed by atoms with Crippen LogP contribution in [0.1, 0.15) is 23.6 Å². The van der Waals surface area contributed by atoms with E-state index in [1.54, 1.807) is 12.1 Å². The van der Waals surface area contributed by atoms with Crippen LogP contribution < -0.4 is 4.74 Å². The fourth-order valence-electron chi connectivity index (χ4n) is 4.26. The van der Waals surface area contributed by atoms with Crippen LogP contribution in [0.4, 0.5) is 13.2 Å². The van der Waals surface area contributed by atoms with Crippen molar-refractivity contribution in [1.29, 1.82) is 0 Å². The monoisotopic (exact) mass is 581 g/mol. The average molecular weight is 582 g/mol. The number of nitrogens with zero attached hydrogens (tertiary/aromatic N) is 1. The van der Waals surface area contributed by atoms with Crippen molar-refractivity contribution >= 4 is 35.0 Å². The van der Waals surface area contributed by atoms with E-state index in [0.717, 1.165) is 18.2 Å². The van der Waals surface area contributed by atoms with Gasteiger partial charge in [-0.15, -0.1) is 0 Å². The fourth-order valence-corrected chi connectivity index (χ4v) is 4.51. The van der Waals surface area contributed by atoms with E-state index in [4.69, 9.17) is 27.9 Å². The van der Waals surface area contributed by atoms with Gasteiger partial charge in [-0.2, -0.15) is 13.2 Å². The molecule has 1 unspecified atom stereocenters. The van der Waals surface area contributed by atoms with Gasteiger partial charge in [-0.1, -0.05) is 59.6 Å². The molecule has 0 aliphatic rings. The van der Waals surface area contributed by atoms with Crippen molar-refractivity contribution in [1.82, 2.24) is 4.90 Å². The topological polar surface area (TPSA) is 55.8 Å². The fraction of sp³-hybridized carbons (Fsp3) is 0.310. The first-order valence-electron chi connectivity index (χ1n) is 12.0. The Morgan fingerprint density at radius 3 is 1.79 bits per heavy atom. The second kappa shape index (κ2) is 12.9. The summed E-state index contributed by atoms with van der Waals surface area (Å²) >= 11 is 12.2. The standard InChI is InChI=1S/C29H28Cl2F3NO4/c1-28(20-6-10-22(30)11-7-20,21-8-12-23(31)13-9-21)35(2)16-17-39-24-14-4-19(5-15-24)18-25(27(37)38-3)26(36)29(32,33)34/h4-15,25H,16-18H2,1-3H3. The van der Waals surface area contributed by atoms with E-state index >= 15 is 0 Å². The SMILES string of the molecule is COC(=O)C(Cc1ccc(OCCN(C)C(C)(c2ccc(Cl)cc2)c2ccc(Cl)cc2)cc1)C(=O)C(F)(F)F. The number of benzene rings is 3. The summed E-state index contributed by atoms with van der Waals surface area (Å²) in [4.78, 5) is 25.6. The minimum absolute atomic E-state index is 0.309. The average Bonchev–Trinajstić information content (AvgIpc) is 2.91. The Balaban J connectivity index is 1.69. The lowest BCUT2D eigenvalue weighted by Crippen LogP contribution is -2.44. The Morgan fingerprint density at radius 1 is 0.872 bits per heavy atom. The molecule has 0 radical (unpaired) electrons. The number of ketones is 1. The number of hydrogen-bond acceptors (Lipinski definition) is 5. The molecule has 3 aromatic rings. The van der Waals surface area contributed by atoms with E-state index in [-0.39, 0.29) is 0 Å². The van der Waals surface area contributed by atoms with Crippen LogP contribution in [0.3, 0.4) is 0 Å². The van der Waals surface area contributed by atoms with Crippen LogP contribution in [0, 0.1) is 5.92 Å². The van der Waals surface area contributed by atoms with E-state index < -0.39 is 35.8 Å². The highest BCUT2D eigenvalue weighted by molar-refractivity contribution is 6.30. The van der Waals surface area contributed by atoms with Gasteiger partial charge in [-0.05, 0) is 73.5 Å². The van der Waals surface area contributed by atoms with Crippen LogP contribution in [-0.2, 0) is 26.3 Å². The van der Waals surface area contributed by atoms with Gasteiger partial charge in [0.25, 0.3) is 5.78 Å². The van der Waals surface area contributed by atoms with Gasteiger partial charge in [-0.3, -0.25) is 14.5 Å². The first-order chi connectivity index (χ1) is 18.4. The number of methoxy groups -OCH3 is 1. The number of carbonyl (C=O) groups excluding carboxylic acids is 2. The van der Waals surface area contributed by atoms with Gasteiger partial charge in [0.05, 0.1) is 12.6 Å².